The molecule has 0 aromatic heterocycles. The zero-order chi connectivity index (χ0) is 20.2. The van der Waals surface area contributed by atoms with Crippen molar-refractivity contribution < 1.29 is 35.9 Å². The molecular weight excluding hydrogens is 389 g/mol. The quantitative estimate of drug-likeness (QED) is 0.744. The minimum absolute atomic E-state index is 0.156. The van der Waals surface area contributed by atoms with E-state index >= 15 is 0 Å². The second-order valence-corrected chi connectivity index (χ2v) is 6.83. The van der Waals surface area contributed by atoms with Gasteiger partial charge < -0.3 is 10.1 Å². The molecule has 27 heavy (non-hydrogen) atoms. The Morgan fingerprint density at radius 2 is 1.70 bits per heavy atom. The monoisotopic (exact) mass is 402 g/mol. The standard InChI is InChI=1S/C16H13F3N2O5S/c17-16(18,19)11-3-1-2-10(8-11)15(23)26-9-14(22)21-12-4-6-13(7-5-12)27(20,24)25/h1-8H,9H2,(H,21,22)(H2,20,24,25). The topological polar surface area (TPSA) is 116 Å². The molecule has 11 heteroatoms. The van der Waals surface area contributed by atoms with Crippen LogP contribution < -0.4 is 10.5 Å². The number of hydrogen-bond donors (Lipinski definition) is 2. The number of anilines is 1. The Morgan fingerprint density at radius 3 is 2.26 bits per heavy atom. The molecule has 1 amide bonds. The van der Waals surface area contributed by atoms with Gasteiger partial charge in [-0.2, -0.15) is 13.2 Å². The van der Waals surface area contributed by atoms with E-state index in [0.717, 1.165) is 18.2 Å². The number of hydrogen-bond acceptors (Lipinski definition) is 5. The van der Waals surface area contributed by atoms with Crippen molar-refractivity contribution in [3.05, 3.63) is 59.7 Å². The first-order valence-electron chi connectivity index (χ1n) is 7.24. The van der Waals surface area contributed by atoms with Crippen LogP contribution in [0.1, 0.15) is 15.9 Å². The number of carbonyl (C=O) groups is 2. The number of halogens is 3. The van der Waals surface area contributed by atoms with Gasteiger partial charge in [0.1, 0.15) is 0 Å². The van der Waals surface area contributed by atoms with Crippen LogP contribution >= 0.6 is 0 Å². The summed E-state index contributed by atoms with van der Waals surface area (Å²) < 4.78 is 64.8. The van der Waals surface area contributed by atoms with Gasteiger partial charge in [0.25, 0.3) is 5.91 Å². The van der Waals surface area contributed by atoms with E-state index in [4.69, 9.17) is 5.14 Å². The van der Waals surface area contributed by atoms with Crippen LogP contribution in [0.4, 0.5) is 18.9 Å². The van der Waals surface area contributed by atoms with Gasteiger partial charge in [-0.25, -0.2) is 18.4 Å². The fourth-order valence-electron chi connectivity index (χ4n) is 1.96. The maximum Gasteiger partial charge on any atom is 0.416 e. The summed E-state index contributed by atoms with van der Waals surface area (Å²) in [6.45, 7) is -0.744. The van der Waals surface area contributed by atoms with E-state index in [1.807, 2.05) is 0 Å². The second kappa shape index (κ2) is 7.76. The highest BCUT2D eigenvalue weighted by Gasteiger charge is 2.31. The Kier molecular flexibility index (Phi) is 5.86. The molecule has 144 valence electrons. The number of alkyl halides is 3. The summed E-state index contributed by atoms with van der Waals surface area (Å²) in [5.74, 6) is -1.86. The van der Waals surface area contributed by atoms with E-state index in [-0.39, 0.29) is 16.1 Å². The molecule has 3 N–H and O–H groups in total. The van der Waals surface area contributed by atoms with Gasteiger partial charge in [-0.3, -0.25) is 4.79 Å². The SMILES string of the molecule is NS(=O)(=O)c1ccc(NC(=O)COC(=O)c2cccc(C(F)(F)F)c2)cc1. The van der Waals surface area contributed by atoms with Crippen molar-refractivity contribution in [3.63, 3.8) is 0 Å². The number of ether oxygens (including phenoxy) is 1. The Balaban J connectivity index is 1.94. The molecule has 0 fully saturated rings. The first-order chi connectivity index (χ1) is 12.5. The number of sulfonamides is 1. The lowest BCUT2D eigenvalue weighted by atomic mass is 10.1. The summed E-state index contributed by atoms with van der Waals surface area (Å²) in [4.78, 5) is 23.4. The molecule has 0 aliphatic carbocycles. The van der Waals surface area contributed by atoms with Gasteiger partial charge in [0.2, 0.25) is 10.0 Å². The minimum Gasteiger partial charge on any atom is -0.452 e. The van der Waals surface area contributed by atoms with Crippen molar-refractivity contribution in [1.29, 1.82) is 0 Å². The number of rotatable bonds is 5. The summed E-state index contributed by atoms with van der Waals surface area (Å²) in [6, 6.07) is 8.46. The normalized spacial score (nSPS) is 11.7. The van der Waals surface area contributed by atoms with Gasteiger partial charge in [-0.05, 0) is 42.5 Å². The van der Waals surface area contributed by atoms with Crippen LogP contribution in [0.2, 0.25) is 0 Å². The van der Waals surface area contributed by atoms with Gasteiger partial charge in [0.15, 0.2) is 6.61 Å². The zero-order valence-electron chi connectivity index (χ0n) is 13.5. The first kappa shape index (κ1) is 20.4. The van der Waals surface area contributed by atoms with E-state index in [9.17, 15) is 31.2 Å². The molecule has 2 aromatic carbocycles. The second-order valence-electron chi connectivity index (χ2n) is 5.27. The molecule has 0 bridgehead atoms. The molecule has 0 saturated heterocycles. The molecule has 2 rings (SSSR count). The highest BCUT2D eigenvalue weighted by molar-refractivity contribution is 7.89. The molecule has 0 heterocycles. The summed E-state index contributed by atoms with van der Waals surface area (Å²) in [6.07, 6.45) is -4.61. The molecule has 0 aliphatic rings. The van der Waals surface area contributed by atoms with Gasteiger partial charge in [0, 0.05) is 5.69 Å². The number of benzene rings is 2. The van der Waals surface area contributed by atoms with Crippen molar-refractivity contribution in [1.82, 2.24) is 0 Å². The fraction of sp³-hybridized carbons (Fsp3) is 0.125. The number of nitrogens with one attached hydrogen (secondary N) is 1. The molecular formula is C16H13F3N2O5S. The average Bonchev–Trinajstić information content (AvgIpc) is 2.59. The van der Waals surface area contributed by atoms with Gasteiger partial charge in [0.05, 0.1) is 16.0 Å². The van der Waals surface area contributed by atoms with Gasteiger partial charge in [-0.1, -0.05) is 6.07 Å². The highest BCUT2D eigenvalue weighted by Crippen LogP contribution is 2.29. The van der Waals surface area contributed by atoms with Crippen LogP contribution in [-0.4, -0.2) is 26.9 Å². The maximum absolute atomic E-state index is 12.6. The molecule has 0 unspecified atom stereocenters. The third-order valence-electron chi connectivity index (χ3n) is 3.23. The number of esters is 1. The Hall–Kier alpha value is -2.92. The zero-order valence-corrected chi connectivity index (χ0v) is 14.3. The molecule has 0 spiro atoms. The average molecular weight is 402 g/mol. The van der Waals surface area contributed by atoms with Crippen LogP contribution in [0.3, 0.4) is 0 Å². The molecule has 0 aliphatic heterocycles. The lowest BCUT2D eigenvalue weighted by molar-refractivity contribution is -0.137. The van der Waals surface area contributed by atoms with E-state index in [0.29, 0.717) is 6.07 Å². The molecule has 7 nitrogen and oxygen atoms in total. The number of primary sulfonamides is 1. The van der Waals surface area contributed by atoms with Crippen LogP contribution in [0.15, 0.2) is 53.4 Å². The summed E-state index contributed by atoms with van der Waals surface area (Å²) in [7, 11) is -3.88. The van der Waals surface area contributed by atoms with Crippen molar-refractivity contribution in [2.45, 2.75) is 11.1 Å². The van der Waals surface area contributed by atoms with E-state index in [1.54, 1.807) is 0 Å². The molecule has 0 saturated carbocycles. The largest absolute Gasteiger partial charge is 0.452 e. The summed E-state index contributed by atoms with van der Waals surface area (Å²) in [5.41, 5.74) is -1.16. The smallest absolute Gasteiger partial charge is 0.416 e. The predicted octanol–water partition coefficient (Wildman–Crippen LogP) is 2.15. The third kappa shape index (κ3) is 5.79. The van der Waals surface area contributed by atoms with Crippen molar-refractivity contribution in [2.24, 2.45) is 5.14 Å². The minimum atomic E-state index is -4.61. The van der Waals surface area contributed by atoms with E-state index in [2.05, 4.69) is 10.1 Å². The number of carbonyl (C=O) groups excluding carboxylic acids is 2. The lowest BCUT2D eigenvalue weighted by Gasteiger charge is -2.09. The van der Waals surface area contributed by atoms with E-state index < -0.39 is 40.2 Å². The van der Waals surface area contributed by atoms with Crippen molar-refractivity contribution in [3.8, 4) is 0 Å². The van der Waals surface area contributed by atoms with E-state index in [1.165, 1.54) is 24.3 Å². The van der Waals surface area contributed by atoms with Crippen LogP contribution in [0.25, 0.3) is 0 Å². The van der Waals surface area contributed by atoms with Crippen LogP contribution in [-0.2, 0) is 25.7 Å². The summed E-state index contributed by atoms with van der Waals surface area (Å²) in [5, 5.41) is 7.27. The number of nitrogens with two attached hydrogens (primary N) is 1. The third-order valence-corrected chi connectivity index (χ3v) is 4.16. The van der Waals surface area contributed by atoms with Crippen molar-refractivity contribution >= 4 is 27.6 Å². The maximum atomic E-state index is 12.6. The predicted molar refractivity (Wildman–Crippen MR) is 88.2 cm³/mol. The Labute approximate surface area is 152 Å². The molecule has 0 radical (unpaired) electrons. The van der Waals surface area contributed by atoms with Gasteiger partial charge >= 0.3 is 12.1 Å². The Morgan fingerprint density at radius 1 is 1.07 bits per heavy atom. The molecule has 0 atom stereocenters. The number of amides is 1. The highest BCUT2D eigenvalue weighted by atomic mass is 32.2. The van der Waals surface area contributed by atoms with Crippen LogP contribution in [0, 0.1) is 0 Å². The molecule has 2 aromatic rings. The Bertz CT molecular complexity index is 957. The first-order valence-corrected chi connectivity index (χ1v) is 8.78. The lowest BCUT2D eigenvalue weighted by Crippen LogP contribution is -2.21. The van der Waals surface area contributed by atoms with Gasteiger partial charge in [-0.15, -0.1) is 0 Å². The van der Waals surface area contributed by atoms with Crippen molar-refractivity contribution in [2.75, 3.05) is 11.9 Å². The van der Waals surface area contributed by atoms with Crippen LogP contribution in [0.5, 0.6) is 0 Å². The fourth-order valence-corrected chi connectivity index (χ4v) is 2.48. The summed E-state index contributed by atoms with van der Waals surface area (Å²) >= 11 is 0.